The number of nitrogens with zero attached hydrogens (tertiary/aromatic N) is 4. The van der Waals surface area contributed by atoms with E-state index in [1.165, 1.54) is 5.56 Å². The summed E-state index contributed by atoms with van der Waals surface area (Å²) >= 11 is 0. The molecule has 0 radical (unpaired) electrons. The maximum atomic E-state index is 5.91. The molecule has 5 aromatic rings. The second-order valence-corrected chi connectivity index (χ2v) is 7.62. The summed E-state index contributed by atoms with van der Waals surface area (Å²) in [5.74, 6) is 2.66. The number of hydrogen-bond acceptors (Lipinski definition) is 7. The molecule has 2 aromatic heterocycles. The standard InChI is InChI=1S/C26H23N5O2/c1-3-32-20-14-10-18(11-15-20)16-27-23-21-6-4-5-7-22(21)28-24(29-23)26-31-30-25(33-26)19-12-8-17(2)9-13-19/h4-15H,3,16H2,1-2H3,(H,27,28,29). The lowest BCUT2D eigenvalue weighted by atomic mass is 10.1. The lowest BCUT2D eigenvalue weighted by molar-refractivity contribution is 0.340. The number of benzene rings is 3. The molecule has 0 atom stereocenters. The van der Waals surface area contributed by atoms with Crippen LogP contribution in [0.5, 0.6) is 5.75 Å². The van der Waals surface area contributed by atoms with Crippen molar-refractivity contribution < 1.29 is 9.15 Å². The molecule has 0 spiro atoms. The van der Waals surface area contributed by atoms with E-state index in [4.69, 9.17) is 14.1 Å². The summed E-state index contributed by atoms with van der Waals surface area (Å²) in [5, 5.41) is 12.7. The van der Waals surface area contributed by atoms with Crippen molar-refractivity contribution in [2.24, 2.45) is 0 Å². The van der Waals surface area contributed by atoms with Gasteiger partial charge in [0, 0.05) is 17.5 Å². The van der Waals surface area contributed by atoms with Crippen LogP contribution >= 0.6 is 0 Å². The number of ether oxygens (including phenoxy) is 1. The van der Waals surface area contributed by atoms with Gasteiger partial charge in [0.15, 0.2) is 0 Å². The highest BCUT2D eigenvalue weighted by atomic mass is 16.5. The van der Waals surface area contributed by atoms with Crippen molar-refractivity contribution in [1.29, 1.82) is 0 Å². The Morgan fingerprint density at radius 1 is 0.848 bits per heavy atom. The predicted molar refractivity (Wildman–Crippen MR) is 128 cm³/mol. The summed E-state index contributed by atoms with van der Waals surface area (Å²) in [7, 11) is 0. The number of hydrogen-bond donors (Lipinski definition) is 1. The molecule has 3 aromatic carbocycles. The average molecular weight is 438 g/mol. The molecule has 0 unspecified atom stereocenters. The van der Waals surface area contributed by atoms with E-state index < -0.39 is 0 Å². The Labute approximate surface area is 191 Å². The molecule has 7 heteroatoms. The minimum absolute atomic E-state index is 0.278. The Kier molecular flexibility index (Phi) is 5.68. The van der Waals surface area contributed by atoms with Crippen LogP contribution in [-0.2, 0) is 6.54 Å². The molecule has 0 aliphatic carbocycles. The molecule has 0 aliphatic heterocycles. The smallest absolute Gasteiger partial charge is 0.286 e. The van der Waals surface area contributed by atoms with Gasteiger partial charge in [-0.25, -0.2) is 9.97 Å². The van der Waals surface area contributed by atoms with E-state index in [9.17, 15) is 0 Å². The monoisotopic (exact) mass is 437 g/mol. The van der Waals surface area contributed by atoms with Gasteiger partial charge in [0.25, 0.3) is 5.89 Å². The third kappa shape index (κ3) is 4.52. The van der Waals surface area contributed by atoms with Crippen LogP contribution < -0.4 is 10.1 Å². The Bertz CT molecular complexity index is 1380. The van der Waals surface area contributed by atoms with E-state index in [1.54, 1.807) is 0 Å². The van der Waals surface area contributed by atoms with Crippen molar-refractivity contribution in [1.82, 2.24) is 20.2 Å². The Morgan fingerprint density at radius 2 is 1.61 bits per heavy atom. The summed E-state index contributed by atoms with van der Waals surface area (Å²) in [6.07, 6.45) is 0. The first-order chi connectivity index (χ1) is 16.2. The van der Waals surface area contributed by atoms with Crippen LogP contribution in [0.2, 0.25) is 0 Å². The van der Waals surface area contributed by atoms with Crippen LogP contribution in [0, 0.1) is 6.92 Å². The van der Waals surface area contributed by atoms with Crippen molar-refractivity contribution in [3.8, 4) is 28.9 Å². The van der Waals surface area contributed by atoms with Gasteiger partial charge in [0.2, 0.25) is 11.7 Å². The molecule has 0 fully saturated rings. The van der Waals surface area contributed by atoms with E-state index in [-0.39, 0.29) is 5.89 Å². The van der Waals surface area contributed by atoms with Crippen molar-refractivity contribution in [2.45, 2.75) is 20.4 Å². The molecule has 164 valence electrons. The van der Waals surface area contributed by atoms with Crippen molar-refractivity contribution in [2.75, 3.05) is 11.9 Å². The Balaban J connectivity index is 1.44. The van der Waals surface area contributed by atoms with Gasteiger partial charge in [-0.15, -0.1) is 10.2 Å². The highest BCUT2D eigenvalue weighted by Crippen LogP contribution is 2.27. The maximum absolute atomic E-state index is 5.91. The fourth-order valence-electron chi connectivity index (χ4n) is 3.49. The lowest BCUT2D eigenvalue weighted by Gasteiger charge is -2.10. The molecule has 33 heavy (non-hydrogen) atoms. The van der Waals surface area contributed by atoms with E-state index >= 15 is 0 Å². The van der Waals surface area contributed by atoms with Gasteiger partial charge in [0.1, 0.15) is 11.6 Å². The number of aromatic nitrogens is 4. The van der Waals surface area contributed by atoms with Crippen molar-refractivity contribution in [3.05, 3.63) is 83.9 Å². The minimum Gasteiger partial charge on any atom is -0.494 e. The van der Waals surface area contributed by atoms with E-state index in [0.29, 0.717) is 30.7 Å². The zero-order valence-corrected chi connectivity index (χ0v) is 18.4. The first-order valence-electron chi connectivity index (χ1n) is 10.8. The topological polar surface area (TPSA) is 86.0 Å². The van der Waals surface area contributed by atoms with Crippen molar-refractivity contribution in [3.63, 3.8) is 0 Å². The number of para-hydroxylation sites is 1. The summed E-state index contributed by atoms with van der Waals surface area (Å²) in [6, 6.07) is 23.8. The summed E-state index contributed by atoms with van der Waals surface area (Å²) in [5.41, 5.74) is 3.93. The van der Waals surface area contributed by atoms with Crippen LogP contribution in [0.1, 0.15) is 18.1 Å². The second kappa shape index (κ2) is 9.08. The van der Waals surface area contributed by atoms with Crippen LogP contribution in [0.25, 0.3) is 34.1 Å². The summed E-state index contributed by atoms with van der Waals surface area (Å²) < 4.78 is 11.4. The summed E-state index contributed by atoms with van der Waals surface area (Å²) in [4.78, 5) is 9.36. The number of fused-ring (bicyclic) bond motifs is 1. The van der Waals surface area contributed by atoms with Crippen molar-refractivity contribution >= 4 is 16.7 Å². The molecular formula is C26H23N5O2. The lowest BCUT2D eigenvalue weighted by Crippen LogP contribution is -2.04. The largest absolute Gasteiger partial charge is 0.494 e. The van der Waals surface area contributed by atoms with Gasteiger partial charge >= 0.3 is 0 Å². The van der Waals surface area contributed by atoms with Gasteiger partial charge < -0.3 is 14.5 Å². The fraction of sp³-hybridized carbons (Fsp3) is 0.154. The highest BCUT2D eigenvalue weighted by molar-refractivity contribution is 5.90. The zero-order valence-electron chi connectivity index (χ0n) is 18.4. The molecule has 0 saturated carbocycles. The SMILES string of the molecule is CCOc1ccc(CNc2nc(-c3nnc(-c4ccc(C)cc4)o3)nc3ccccc23)cc1. The second-order valence-electron chi connectivity index (χ2n) is 7.62. The molecular weight excluding hydrogens is 414 g/mol. The molecule has 1 N–H and O–H groups in total. The zero-order chi connectivity index (χ0) is 22.6. The van der Waals surface area contributed by atoms with E-state index in [2.05, 4.69) is 20.5 Å². The normalized spacial score (nSPS) is 11.0. The molecule has 5 rings (SSSR count). The number of aryl methyl sites for hydroxylation is 1. The first-order valence-corrected chi connectivity index (χ1v) is 10.8. The molecule has 7 nitrogen and oxygen atoms in total. The fourth-order valence-corrected chi connectivity index (χ4v) is 3.49. The predicted octanol–water partition coefficient (Wildman–Crippen LogP) is 5.67. The van der Waals surface area contributed by atoms with Crippen LogP contribution in [0.15, 0.2) is 77.2 Å². The van der Waals surface area contributed by atoms with Crippen LogP contribution in [-0.4, -0.2) is 26.8 Å². The third-order valence-corrected chi connectivity index (χ3v) is 5.21. The minimum atomic E-state index is 0.278. The van der Waals surface area contributed by atoms with E-state index in [0.717, 1.165) is 27.8 Å². The Hall–Kier alpha value is -4.26. The third-order valence-electron chi connectivity index (χ3n) is 5.21. The maximum Gasteiger partial charge on any atom is 0.286 e. The number of anilines is 1. The van der Waals surface area contributed by atoms with Gasteiger partial charge in [-0.2, -0.15) is 0 Å². The Morgan fingerprint density at radius 3 is 2.39 bits per heavy atom. The number of nitrogens with one attached hydrogen (secondary N) is 1. The van der Waals surface area contributed by atoms with Crippen LogP contribution in [0.4, 0.5) is 5.82 Å². The van der Waals surface area contributed by atoms with Gasteiger partial charge in [0.05, 0.1) is 12.1 Å². The number of rotatable bonds is 7. The summed E-state index contributed by atoms with van der Waals surface area (Å²) in [6.45, 7) is 5.26. The molecule has 0 amide bonds. The van der Waals surface area contributed by atoms with Crippen LogP contribution in [0.3, 0.4) is 0 Å². The van der Waals surface area contributed by atoms with Gasteiger partial charge in [-0.05, 0) is 55.8 Å². The van der Waals surface area contributed by atoms with Gasteiger partial charge in [-0.1, -0.05) is 42.0 Å². The molecule has 0 bridgehead atoms. The van der Waals surface area contributed by atoms with Gasteiger partial charge in [-0.3, -0.25) is 0 Å². The highest BCUT2D eigenvalue weighted by Gasteiger charge is 2.16. The molecule has 2 heterocycles. The quantitative estimate of drug-likeness (QED) is 0.351. The first kappa shape index (κ1) is 20.6. The molecule has 0 saturated heterocycles. The van der Waals surface area contributed by atoms with E-state index in [1.807, 2.05) is 86.6 Å². The average Bonchev–Trinajstić information content (AvgIpc) is 3.34. The molecule has 0 aliphatic rings.